The van der Waals surface area contributed by atoms with Crippen molar-refractivity contribution in [2.24, 2.45) is 11.8 Å². The number of esters is 1. The van der Waals surface area contributed by atoms with E-state index in [0.717, 1.165) is 16.7 Å². The van der Waals surface area contributed by atoms with E-state index in [2.05, 4.69) is 0 Å². The Balaban J connectivity index is 1.49. The van der Waals surface area contributed by atoms with Gasteiger partial charge in [0.2, 0.25) is 5.79 Å². The van der Waals surface area contributed by atoms with Gasteiger partial charge >= 0.3 is 5.97 Å². The van der Waals surface area contributed by atoms with Crippen LogP contribution in [0, 0.1) is 11.8 Å². The molecule has 5 aliphatic rings. The van der Waals surface area contributed by atoms with E-state index in [1.165, 1.54) is 55.5 Å². The Morgan fingerprint density at radius 1 is 0.707 bits per heavy atom. The summed E-state index contributed by atoms with van der Waals surface area (Å²) in [7, 11) is 7.10. The molecule has 24 atom stereocenters. The van der Waals surface area contributed by atoms with Crippen LogP contribution in [0.5, 0.6) is 0 Å². The molecule has 4 saturated heterocycles. The largest absolute Gasteiger partial charge is 0.497 e. The minimum absolute atomic E-state index is 0.0638. The zero-order valence-electron chi connectivity index (χ0n) is 51.1. The maximum Gasteiger partial charge on any atom is 0.334 e. The van der Waals surface area contributed by atoms with Crippen molar-refractivity contribution in [2.75, 3.05) is 42.2 Å². The fraction of sp³-hybridized carbons (Fsp3) is 0.783. The fourth-order valence-electron chi connectivity index (χ4n) is 12.0. The monoisotopic (exact) mass is 1170 g/mol. The molecule has 5 heterocycles. The first-order valence-electron chi connectivity index (χ1n) is 28.5. The molecule has 0 aromatic carbocycles. The number of hydrogen-bond donors (Lipinski definition) is 8. The lowest BCUT2D eigenvalue weighted by atomic mass is 9.75. The molecule has 0 bridgehead atoms. The molecule has 82 heavy (non-hydrogen) atoms. The highest BCUT2D eigenvalue weighted by Crippen LogP contribution is 2.47. The minimum atomic E-state index is -2.43. The van der Waals surface area contributed by atoms with Crippen LogP contribution in [-0.2, 0) is 66.4 Å². The van der Waals surface area contributed by atoms with Crippen LogP contribution in [-0.4, -0.2) is 223 Å². The van der Waals surface area contributed by atoms with E-state index in [1.807, 2.05) is 45.9 Å². The lowest BCUT2D eigenvalue weighted by molar-refractivity contribution is -0.416. The Labute approximate surface area is 484 Å². The maximum atomic E-state index is 14.5. The third-order valence-corrected chi connectivity index (χ3v) is 16.7. The van der Waals surface area contributed by atoms with Crippen LogP contribution in [0.15, 0.2) is 70.1 Å². The number of aliphatic hydroxyl groups is 8. The molecule has 0 amide bonds. The third kappa shape index (κ3) is 16.7. The Morgan fingerprint density at radius 2 is 1.35 bits per heavy atom. The quantitative estimate of drug-likeness (QED) is 0.0804. The molecule has 5 rings (SSSR count). The topological polar surface area (TPSA) is 299 Å². The van der Waals surface area contributed by atoms with E-state index in [4.69, 9.17) is 61.6 Å². The van der Waals surface area contributed by atoms with Crippen molar-refractivity contribution < 1.29 is 107 Å². The Bertz CT molecular complexity index is 2250. The summed E-state index contributed by atoms with van der Waals surface area (Å²) in [4.78, 5) is 14.5. The molecular weight excluding hydrogens is 1070 g/mol. The van der Waals surface area contributed by atoms with Crippen LogP contribution in [0.2, 0.25) is 0 Å². The van der Waals surface area contributed by atoms with Crippen LogP contribution in [0.1, 0.15) is 115 Å². The molecule has 470 valence electrons. The molecule has 0 radical (unpaired) electrons. The predicted octanol–water partition coefficient (Wildman–Crippen LogP) is 3.87. The second-order valence-corrected chi connectivity index (χ2v) is 23.6. The first-order valence-corrected chi connectivity index (χ1v) is 28.5. The number of carbonyl (C=O) groups is 1. The van der Waals surface area contributed by atoms with Crippen molar-refractivity contribution in [2.45, 2.75) is 249 Å². The number of ether oxygens (including phenoxy) is 13. The third-order valence-electron chi connectivity index (χ3n) is 16.7. The average Bonchev–Trinajstić information content (AvgIpc) is 3.40. The molecule has 0 unspecified atom stereocenters. The van der Waals surface area contributed by atoms with Crippen LogP contribution in [0.3, 0.4) is 0 Å². The molecule has 4 fully saturated rings. The summed E-state index contributed by atoms with van der Waals surface area (Å²) < 4.78 is 79.0. The van der Waals surface area contributed by atoms with Crippen LogP contribution in [0.25, 0.3) is 0 Å². The van der Waals surface area contributed by atoms with Gasteiger partial charge in [-0.15, -0.1) is 0 Å². The minimum Gasteiger partial charge on any atom is -0.497 e. The summed E-state index contributed by atoms with van der Waals surface area (Å²) in [6.45, 7) is 20.8. The van der Waals surface area contributed by atoms with Crippen molar-refractivity contribution in [3.8, 4) is 0 Å². The summed E-state index contributed by atoms with van der Waals surface area (Å²) in [5, 5.41) is 92.6. The van der Waals surface area contributed by atoms with Crippen LogP contribution in [0.4, 0.5) is 0 Å². The van der Waals surface area contributed by atoms with Gasteiger partial charge in [0.1, 0.15) is 60.2 Å². The Kier molecular flexibility index (Phi) is 25.5. The zero-order chi connectivity index (χ0) is 61.3. The second-order valence-electron chi connectivity index (χ2n) is 23.6. The molecule has 5 aliphatic heterocycles. The number of cyclic esters (lactones) is 1. The van der Waals surface area contributed by atoms with Crippen LogP contribution >= 0.6 is 0 Å². The molecule has 22 nitrogen and oxygen atoms in total. The molecular formula is C60H98O22. The molecule has 0 aromatic rings. The van der Waals surface area contributed by atoms with Gasteiger partial charge in [-0.05, 0) is 99.8 Å². The number of allylic oxidation sites excluding steroid dienone is 7. The summed E-state index contributed by atoms with van der Waals surface area (Å²) in [6, 6.07) is 0. The molecule has 0 aromatic heterocycles. The SMILES string of the molecule is COCCC[C@H]1O[C@@](O)([C@H](C)[C@H]2C[C@@H](OC)[C@H](O)\C=C(C)/C=C(C)\C=C(\C)[C@H](O[C@H]3O[C@H](C)[C@@H](OC)[C@H](O)[C@H]3O)[C@H](C)\C=C(C)/C=C(OC)\C=C(\C)C(=O)O2)[C@H](OC)[C@@H](O)[C@]1(C)O[C@H]1C[C@H](O)[C@H](O[C@H]2C[C@@](C)(O)[C@H](O)[C@@H](C)O2)[C@@H](C)O1. The smallest absolute Gasteiger partial charge is 0.334 e. The molecule has 0 spiro atoms. The fourth-order valence-corrected chi connectivity index (χ4v) is 12.0. The normalized spacial score (nSPS) is 46.8. The number of aliphatic hydroxyl groups excluding tert-OH is 6. The van der Waals surface area contributed by atoms with Gasteiger partial charge < -0.3 is 102 Å². The van der Waals surface area contributed by atoms with Gasteiger partial charge in [-0.25, -0.2) is 4.79 Å². The van der Waals surface area contributed by atoms with E-state index in [0.29, 0.717) is 12.0 Å². The summed E-state index contributed by atoms with van der Waals surface area (Å²) in [6.07, 6.45) is -10.3. The van der Waals surface area contributed by atoms with Gasteiger partial charge in [0.05, 0.1) is 67.5 Å². The van der Waals surface area contributed by atoms with Crippen molar-refractivity contribution in [1.29, 1.82) is 0 Å². The van der Waals surface area contributed by atoms with Crippen molar-refractivity contribution >= 4 is 5.97 Å². The van der Waals surface area contributed by atoms with E-state index in [1.54, 1.807) is 53.7 Å². The number of hydrogen-bond acceptors (Lipinski definition) is 22. The molecule has 8 N–H and O–H groups in total. The summed E-state index contributed by atoms with van der Waals surface area (Å²) in [5.74, 6) is -4.57. The second kappa shape index (κ2) is 30.0. The molecule has 0 aliphatic carbocycles. The predicted molar refractivity (Wildman–Crippen MR) is 298 cm³/mol. The average molecular weight is 1170 g/mol. The Hall–Kier alpha value is -3.05. The van der Waals surface area contributed by atoms with E-state index < -0.39 is 145 Å². The van der Waals surface area contributed by atoms with Gasteiger partial charge in [0, 0.05) is 65.8 Å². The summed E-state index contributed by atoms with van der Waals surface area (Å²) >= 11 is 0. The highest BCUT2D eigenvalue weighted by Gasteiger charge is 2.64. The standard InChI is InChI=1S/C60H98O22/c1-30-21-31(2)25-41(61)44(72-15)28-43(78-56(67)35(6)26-40(71-14)24-32(3)23-34(5)50(33(4)22-30)80-57-49(64)48(63)52(73-16)38(9)77-57)36(7)60(69)55(74-17)54(66)59(12,45(81-60)19-18-20-70-13)82-46-27-42(62)51(37(8)75-46)79-47-29-58(11,68)53(65)39(10)76-47/h21-26,34,36-39,41-55,57,61-66,68-69H,18-20,27-29H2,1-17H3/b30-21-,31-25-,32-23-,33-22-,35-26-,40-24+/t34-,36-,37-,38-,39-,41-,42+,43-,44-,45-,46+,47+,48-,49-,50+,51-,52-,53-,54-,55-,57-,58-,59-,60+/m1/s1. The Morgan fingerprint density at radius 3 is 1.95 bits per heavy atom. The van der Waals surface area contributed by atoms with Crippen molar-refractivity contribution in [3.63, 3.8) is 0 Å². The molecule has 0 saturated carbocycles. The van der Waals surface area contributed by atoms with Gasteiger partial charge in [-0.2, -0.15) is 0 Å². The lowest BCUT2D eigenvalue weighted by Crippen LogP contribution is -2.74. The first kappa shape index (κ1) is 69.7. The number of rotatable bonds is 16. The zero-order valence-corrected chi connectivity index (χ0v) is 51.1. The van der Waals surface area contributed by atoms with E-state index >= 15 is 0 Å². The van der Waals surface area contributed by atoms with Gasteiger partial charge in [-0.1, -0.05) is 54.9 Å². The van der Waals surface area contributed by atoms with E-state index in [-0.39, 0.29) is 49.5 Å². The number of methoxy groups -OCH3 is 5. The van der Waals surface area contributed by atoms with Crippen molar-refractivity contribution in [3.05, 3.63) is 70.1 Å². The van der Waals surface area contributed by atoms with Crippen LogP contribution < -0.4 is 0 Å². The highest BCUT2D eigenvalue weighted by atomic mass is 16.7. The van der Waals surface area contributed by atoms with Gasteiger partial charge in [0.25, 0.3) is 0 Å². The van der Waals surface area contributed by atoms with Gasteiger partial charge in [-0.3, -0.25) is 0 Å². The lowest BCUT2D eigenvalue weighted by Gasteiger charge is -2.57. The number of carbonyl (C=O) groups excluding carboxylic acids is 1. The van der Waals surface area contributed by atoms with E-state index in [9.17, 15) is 45.6 Å². The highest BCUT2D eigenvalue weighted by molar-refractivity contribution is 5.88. The molecule has 22 heteroatoms. The summed E-state index contributed by atoms with van der Waals surface area (Å²) in [5.41, 5.74) is -0.215. The van der Waals surface area contributed by atoms with Gasteiger partial charge in [0.15, 0.2) is 18.9 Å². The maximum absolute atomic E-state index is 14.5. The first-order chi connectivity index (χ1) is 38.4. The van der Waals surface area contributed by atoms with Crippen molar-refractivity contribution in [1.82, 2.24) is 0 Å².